The fraction of sp³-hybridized carbons (Fsp3) is 0.650. The molecule has 1 heterocycles. The van der Waals surface area contributed by atoms with Crippen molar-refractivity contribution in [1.82, 2.24) is 0 Å². The first-order valence-electron chi connectivity index (χ1n) is 9.07. The molecule has 0 bridgehead atoms. The van der Waals surface area contributed by atoms with Gasteiger partial charge in [-0.2, -0.15) is 0 Å². The van der Waals surface area contributed by atoms with Gasteiger partial charge >= 0.3 is 5.97 Å². The quantitative estimate of drug-likeness (QED) is 0.446. The maximum absolute atomic E-state index is 14.4. The van der Waals surface area contributed by atoms with Crippen molar-refractivity contribution in [3.8, 4) is 0 Å². The number of rotatable bonds is 1. The van der Waals surface area contributed by atoms with Crippen LogP contribution in [0, 0.1) is 11.7 Å². The first-order valence-corrected chi connectivity index (χ1v) is 10.2. The molecule has 1 aromatic rings. The first-order chi connectivity index (χ1) is 12.2. The normalized spacial score (nSPS) is 31.7. The Bertz CT molecular complexity index is 822. The zero-order valence-electron chi connectivity index (χ0n) is 16.5. The van der Waals surface area contributed by atoms with E-state index < -0.39 is 33.9 Å². The fourth-order valence-electron chi connectivity index (χ4n) is 4.83. The average molecular weight is 463 g/mol. The minimum Gasteiger partial charge on any atom is -0.460 e. The van der Waals surface area contributed by atoms with E-state index in [9.17, 15) is 14.3 Å². The minimum absolute atomic E-state index is 0.0504. The van der Waals surface area contributed by atoms with Gasteiger partial charge in [0.2, 0.25) is 0 Å². The van der Waals surface area contributed by atoms with E-state index in [1.807, 2.05) is 41.5 Å². The van der Waals surface area contributed by atoms with Gasteiger partial charge in [-0.15, -0.1) is 0 Å². The van der Waals surface area contributed by atoms with Gasteiger partial charge in [0.05, 0.1) is 27.2 Å². The summed E-state index contributed by atoms with van der Waals surface area (Å²) in [5.74, 6) is -1.50. The lowest BCUT2D eigenvalue weighted by Gasteiger charge is -2.56. The molecule has 7 heteroatoms. The Balaban J connectivity index is 2.25. The van der Waals surface area contributed by atoms with Gasteiger partial charge in [-0.25, -0.2) is 4.39 Å². The van der Waals surface area contributed by atoms with Crippen LogP contribution in [0.3, 0.4) is 0 Å². The van der Waals surface area contributed by atoms with Crippen LogP contribution in [0.15, 0.2) is 10.5 Å². The van der Waals surface area contributed by atoms with Crippen LogP contribution >= 0.6 is 27.5 Å². The zero-order chi connectivity index (χ0) is 20.6. The molecular weight excluding hydrogens is 437 g/mol. The Morgan fingerprint density at radius 2 is 2.00 bits per heavy atom. The lowest BCUT2D eigenvalue weighted by molar-refractivity contribution is -0.165. The summed E-state index contributed by atoms with van der Waals surface area (Å²) in [5, 5.41) is 15.0. The number of halogens is 3. The van der Waals surface area contributed by atoms with Gasteiger partial charge < -0.3 is 15.2 Å². The average Bonchev–Trinajstić information content (AvgIpc) is 2.80. The van der Waals surface area contributed by atoms with E-state index in [0.29, 0.717) is 24.1 Å². The monoisotopic (exact) mass is 461 g/mol. The molecule has 1 aliphatic heterocycles. The highest BCUT2D eigenvalue weighted by Crippen LogP contribution is 2.62. The van der Waals surface area contributed by atoms with Crippen molar-refractivity contribution in [3.05, 3.63) is 26.9 Å². The Labute approximate surface area is 172 Å². The van der Waals surface area contributed by atoms with Crippen molar-refractivity contribution >= 4 is 39.2 Å². The van der Waals surface area contributed by atoms with E-state index >= 15 is 0 Å². The van der Waals surface area contributed by atoms with Crippen LogP contribution in [0.5, 0.6) is 0 Å². The van der Waals surface area contributed by atoms with Gasteiger partial charge in [0.25, 0.3) is 0 Å². The summed E-state index contributed by atoms with van der Waals surface area (Å²) in [6.07, 6.45) is 0.887. The minimum atomic E-state index is -1.24. The molecule has 0 saturated heterocycles. The van der Waals surface area contributed by atoms with E-state index in [2.05, 4.69) is 21.2 Å². The molecule has 0 spiro atoms. The van der Waals surface area contributed by atoms with Crippen LogP contribution in [-0.2, 0) is 14.9 Å². The Kier molecular flexibility index (Phi) is 4.69. The largest absolute Gasteiger partial charge is 0.460 e. The molecule has 1 aliphatic carbocycles. The van der Waals surface area contributed by atoms with Crippen molar-refractivity contribution in [1.29, 1.82) is 0 Å². The van der Waals surface area contributed by atoms with Gasteiger partial charge in [0.1, 0.15) is 10.6 Å². The van der Waals surface area contributed by atoms with Gasteiger partial charge in [0.15, 0.2) is 5.82 Å². The van der Waals surface area contributed by atoms with Crippen molar-refractivity contribution in [2.75, 3.05) is 5.32 Å². The summed E-state index contributed by atoms with van der Waals surface area (Å²) >= 11 is 9.52. The third-order valence-corrected chi connectivity index (χ3v) is 7.17. The van der Waals surface area contributed by atoms with E-state index in [1.54, 1.807) is 6.07 Å². The molecule has 150 valence electrons. The van der Waals surface area contributed by atoms with Gasteiger partial charge in [0, 0.05) is 5.41 Å². The SMILES string of the molecule is CC(C)(C)OC(=O)C1CCC2(O)C(C)(C)Nc3c(cc(Br)c(F)c3Cl)C12C. The highest BCUT2D eigenvalue weighted by Gasteiger charge is 2.69. The lowest BCUT2D eigenvalue weighted by Crippen LogP contribution is -2.68. The number of carbonyl (C=O) groups excluding carboxylic acids is 1. The second kappa shape index (κ2) is 6.07. The molecule has 2 N–H and O–H groups in total. The smallest absolute Gasteiger partial charge is 0.310 e. The van der Waals surface area contributed by atoms with Crippen molar-refractivity contribution in [2.45, 2.75) is 76.5 Å². The number of hydrogen-bond donors (Lipinski definition) is 2. The molecule has 0 radical (unpaired) electrons. The topological polar surface area (TPSA) is 58.6 Å². The number of fused-ring (bicyclic) bond motifs is 3. The van der Waals surface area contributed by atoms with Crippen molar-refractivity contribution in [3.63, 3.8) is 0 Å². The summed E-state index contributed by atoms with van der Waals surface area (Å²) in [4.78, 5) is 13.0. The summed E-state index contributed by atoms with van der Waals surface area (Å²) in [7, 11) is 0. The molecule has 0 amide bonds. The maximum atomic E-state index is 14.4. The lowest BCUT2D eigenvalue weighted by atomic mass is 9.57. The number of anilines is 1. The molecule has 1 fully saturated rings. The zero-order valence-corrected chi connectivity index (χ0v) is 18.8. The number of esters is 1. The van der Waals surface area contributed by atoms with Crippen LogP contribution in [0.4, 0.5) is 10.1 Å². The summed E-state index contributed by atoms with van der Waals surface area (Å²) in [5.41, 5.74) is -2.65. The molecule has 3 atom stereocenters. The Hall–Kier alpha value is -0.850. The summed E-state index contributed by atoms with van der Waals surface area (Å²) in [6.45, 7) is 11.0. The second-order valence-corrected chi connectivity index (χ2v) is 10.6. The molecule has 2 aliphatic rings. The van der Waals surface area contributed by atoms with E-state index in [4.69, 9.17) is 16.3 Å². The number of carbonyl (C=O) groups is 1. The van der Waals surface area contributed by atoms with E-state index in [0.717, 1.165) is 0 Å². The third kappa shape index (κ3) is 2.82. The molecule has 1 saturated carbocycles. The standard InChI is InChI=1S/C20H26BrClFNO3/c1-17(2,3)27-16(25)10-7-8-20(26)18(4,5)24-15-11(19(10,20)6)9-12(21)14(23)13(15)22/h9-10,24,26H,7-8H2,1-6H3. The molecule has 4 nitrogen and oxygen atoms in total. The number of hydrogen-bond acceptors (Lipinski definition) is 4. The highest BCUT2D eigenvalue weighted by molar-refractivity contribution is 9.10. The molecule has 3 rings (SSSR count). The van der Waals surface area contributed by atoms with Gasteiger partial charge in [-0.3, -0.25) is 4.79 Å². The van der Waals surface area contributed by atoms with E-state index in [1.165, 1.54) is 0 Å². The predicted molar refractivity (Wildman–Crippen MR) is 108 cm³/mol. The van der Waals surface area contributed by atoms with Gasteiger partial charge in [-0.1, -0.05) is 18.5 Å². The molecule has 0 aromatic heterocycles. The van der Waals surface area contributed by atoms with Gasteiger partial charge in [-0.05, 0) is 75.0 Å². The highest BCUT2D eigenvalue weighted by atomic mass is 79.9. The second-order valence-electron chi connectivity index (χ2n) is 9.35. The van der Waals surface area contributed by atoms with Crippen molar-refractivity contribution in [2.24, 2.45) is 5.92 Å². The number of aliphatic hydroxyl groups is 1. The molecule has 3 unspecified atom stereocenters. The van der Waals surface area contributed by atoms with Crippen molar-refractivity contribution < 1.29 is 19.0 Å². The third-order valence-electron chi connectivity index (χ3n) is 6.24. The van der Waals surface area contributed by atoms with Crippen LogP contribution in [0.1, 0.15) is 59.9 Å². The molecular formula is C20H26BrClFNO3. The van der Waals surface area contributed by atoms with Crippen LogP contribution < -0.4 is 5.32 Å². The van der Waals surface area contributed by atoms with Crippen LogP contribution in [0.2, 0.25) is 5.02 Å². The fourth-order valence-corrected chi connectivity index (χ4v) is 5.62. The van der Waals surface area contributed by atoms with E-state index in [-0.39, 0.29) is 15.5 Å². The maximum Gasteiger partial charge on any atom is 0.310 e. The molecule has 1 aromatic carbocycles. The number of ether oxygens (including phenoxy) is 1. The molecule has 27 heavy (non-hydrogen) atoms. The van der Waals surface area contributed by atoms with Crippen LogP contribution in [-0.4, -0.2) is 27.8 Å². The predicted octanol–water partition coefficient (Wildman–Crippen LogP) is 5.19. The van der Waals surface area contributed by atoms with Crippen LogP contribution in [0.25, 0.3) is 0 Å². The summed E-state index contributed by atoms with van der Waals surface area (Å²) in [6, 6.07) is 1.62. The number of nitrogens with one attached hydrogen (secondary N) is 1. The summed E-state index contributed by atoms with van der Waals surface area (Å²) < 4.78 is 20.3. The first kappa shape index (κ1) is 20.9. The number of benzene rings is 1. The Morgan fingerprint density at radius 1 is 1.41 bits per heavy atom. The Morgan fingerprint density at radius 3 is 2.56 bits per heavy atom.